The van der Waals surface area contributed by atoms with Crippen molar-refractivity contribution in [1.82, 2.24) is 4.98 Å². The number of hydrogen-bond acceptors (Lipinski definition) is 5. The van der Waals surface area contributed by atoms with E-state index in [0.717, 1.165) is 55.7 Å². The zero-order chi connectivity index (χ0) is 34.2. The molecule has 0 saturated heterocycles. The molecule has 0 aliphatic heterocycles. The van der Waals surface area contributed by atoms with Crippen LogP contribution >= 0.6 is 11.3 Å². The Labute approximate surface area is 302 Å². The van der Waals surface area contributed by atoms with Crippen LogP contribution in [-0.4, -0.2) is 4.98 Å². The Balaban J connectivity index is 1.12. The van der Waals surface area contributed by atoms with Gasteiger partial charge in [0.25, 0.3) is 0 Å². The summed E-state index contributed by atoms with van der Waals surface area (Å²) < 4.78 is 15.4. The molecule has 0 aliphatic rings. The molecule has 0 amide bonds. The fourth-order valence-electron chi connectivity index (χ4n) is 7.67. The fraction of sp³-hybridized carbons (Fsp3) is 0. The maximum atomic E-state index is 6.56. The first-order valence-corrected chi connectivity index (χ1v) is 18.2. The largest absolute Gasteiger partial charge is 0.456 e. The molecular formula is C47H28N2O2S. The van der Waals surface area contributed by atoms with Crippen LogP contribution in [0.1, 0.15) is 0 Å². The second-order valence-corrected chi connectivity index (χ2v) is 14.2. The summed E-state index contributed by atoms with van der Waals surface area (Å²) in [5.74, 6) is 0.595. The second kappa shape index (κ2) is 11.4. The van der Waals surface area contributed by atoms with Crippen molar-refractivity contribution in [2.24, 2.45) is 0 Å². The number of hydrogen-bond donors (Lipinski definition) is 0. The zero-order valence-electron chi connectivity index (χ0n) is 27.8. The van der Waals surface area contributed by atoms with Gasteiger partial charge in [-0.3, -0.25) is 0 Å². The van der Waals surface area contributed by atoms with E-state index < -0.39 is 0 Å². The van der Waals surface area contributed by atoms with Crippen LogP contribution in [0, 0.1) is 0 Å². The number of benzene rings is 8. The maximum absolute atomic E-state index is 6.56. The Bertz CT molecular complexity index is 3130. The molecule has 244 valence electrons. The van der Waals surface area contributed by atoms with Crippen molar-refractivity contribution in [2.45, 2.75) is 0 Å². The number of anilines is 3. The van der Waals surface area contributed by atoms with Gasteiger partial charge in [-0.25, -0.2) is 4.98 Å². The molecular weight excluding hydrogens is 657 g/mol. The summed E-state index contributed by atoms with van der Waals surface area (Å²) in [5, 5.41) is 7.03. The minimum Gasteiger partial charge on any atom is -0.456 e. The normalized spacial score (nSPS) is 11.8. The molecule has 0 fully saturated rings. The van der Waals surface area contributed by atoms with Crippen molar-refractivity contribution in [1.29, 1.82) is 0 Å². The van der Waals surface area contributed by atoms with Crippen LogP contribution in [0.4, 0.5) is 17.1 Å². The molecule has 0 spiro atoms. The Morgan fingerprint density at radius 2 is 1.21 bits per heavy atom. The SMILES string of the molecule is c1ccc(-c2nc3cc4oc5cccc(N(c6ccc(-c7cccc8ccccc78)cc6)c6ccc7c(c6)sc6ccccc67)c5c4cc3o2)cc1. The Morgan fingerprint density at radius 1 is 0.462 bits per heavy atom. The predicted octanol–water partition coefficient (Wildman–Crippen LogP) is 14.1. The molecule has 11 rings (SSSR count). The summed E-state index contributed by atoms with van der Waals surface area (Å²) in [7, 11) is 0. The van der Waals surface area contributed by atoms with Crippen molar-refractivity contribution in [2.75, 3.05) is 4.90 Å². The third-order valence-electron chi connectivity index (χ3n) is 10.1. The highest BCUT2D eigenvalue weighted by Crippen LogP contribution is 2.46. The van der Waals surface area contributed by atoms with Crippen LogP contribution in [0.3, 0.4) is 0 Å². The number of rotatable bonds is 5. The molecule has 4 nitrogen and oxygen atoms in total. The first-order chi connectivity index (χ1) is 25.7. The molecule has 0 saturated carbocycles. The Morgan fingerprint density at radius 3 is 2.12 bits per heavy atom. The lowest BCUT2D eigenvalue weighted by molar-refractivity contribution is 0.620. The van der Waals surface area contributed by atoms with Crippen LogP contribution in [0.15, 0.2) is 179 Å². The lowest BCUT2D eigenvalue weighted by Crippen LogP contribution is -2.10. The predicted molar refractivity (Wildman–Crippen MR) is 217 cm³/mol. The summed E-state index contributed by atoms with van der Waals surface area (Å²) in [6.45, 7) is 0. The average Bonchev–Trinajstić information content (AvgIpc) is 3.90. The Kier molecular flexibility index (Phi) is 6.39. The molecule has 5 heteroatoms. The molecule has 52 heavy (non-hydrogen) atoms. The van der Waals surface area contributed by atoms with E-state index in [0.29, 0.717) is 5.89 Å². The summed E-state index contributed by atoms with van der Waals surface area (Å²) in [6, 6.07) is 59.9. The van der Waals surface area contributed by atoms with E-state index in [9.17, 15) is 0 Å². The molecule has 0 radical (unpaired) electrons. The second-order valence-electron chi connectivity index (χ2n) is 13.1. The van der Waals surface area contributed by atoms with Crippen LogP contribution < -0.4 is 4.90 Å². The quantitative estimate of drug-likeness (QED) is 0.181. The summed E-state index contributed by atoms with van der Waals surface area (Å²) >= 11 is 1.83. The summed E-state index contributed by atoms with van der Waals surface area (Å²) in [5.41, 5.74) is 9.56. The van der Waals surface area contributed by atoms with Gasteiger partial charge in [0.15, 0.2) is 5.58 Å². The number of aromatic nitrogens is 1. The first-order valence-electron chi connectivity index (χ1n) is 17.4. The van der Waals surface area contributed by atoms with Crippen molar-refractivity contribution in [3.8, 4) is 22.6 Å². The van der Waals surface area contributed by atoms with E-state index in [2.05, 4.69) is 132 Å². The lowest BCUT2D eigenvalue weighted by Gasteiger charge is -2.26. The fourth-order valence-corrected chi connectivity index (χ4v) is 8.81. The lowest BCUT2D eigenvalue weighted by atomic mass is 9.98. The monoisotopic (exact) mass is 684 g/mol. The number of thiophene rings is 1. The highest BCUT2D eigenvalue weighted by Gasteiger charge is 2.22. The van der Waals surface area contributed by atoms with Gasteiger partial charge in [-0.2, -0.15) is 0 Å². The highest BCUT2D eigenvalue weighted by atomic mass is 32.1. The van der Waals surface area contributed by atoms with E-state index in [-0.39, 0.29) is 0 Å². The number of oxazole rings is 1. The maximum Gasteiger partial charge on any atom is 0.227 e. The van der Waals surface area contributed by atoms with Crippen LogP contribution in [0.2, 0.25) is 0 Å². The zero-order valence-corrected chi connectivity index (χ0v) is 28.6. The first kappa shape index (κ1) is 29.1. The van der Waals surface area contributed by atoms with Gasteiger partial charge in [0, 0.05) is 48.6 Å². The number of fused-ring (bicyclic) bond motifs is 8. The number of furan rings is 1. The van der Waals surface area contributed by atoms with Gasteiger partial charge in [-0.05, 0) is 82.6 Å². The van der Waals surface area contributed by atoms with E-state index >= 15 is 0 Å². The van der Waals surface area contributed by atoms with Gasteiger partial charge in [-0.15, -0.1) is 11.3 Å². The van der Waals surface area contributed by atoms with Crippen LogP contribution in [0.5, 0.6) is 0 Å². The van der Waals surface area contributed by atoms with Gasteiger partial charge in [0.1, 0.15) is 16.7 Å². The molecule has 0 N–H and O–H groups in total. The average molecular weight is 685 g/mol. The van der Waals surface area contributed by atoms with Gasteiger partial charge < -0.3 is 13.7 Å². The molecule has 0 atom stereocenters. The molecule has 3 heterocycles. The standard InChI is InChI=1S/C47H28N2O2S/c1-2-11-31(12-3-1)47-48-39-28-42-38(27-43(39)51-47)46-40(17-9-18-41(46)50-42)49(33-24-25-37-36-15-6-7-19-44(36)52-45(37)26-33)32-22-20-30(21-23-32)35-16-8-13-29-10-4-5-14-34(29)35/h1-28H. The third-order valence-corrected chi connectivity index (χ3v) is 11.2. The van der Waals surface area contributed by atoms with Crippen LogP contribution in [0.25, 0.3) is 86.6 Å². The van der Waals surface area contributed by atoms with Gasteiger partial charge in [-0.1, -0.05) is 103 Å². The van der Waals surface area contributed by atoms with Gasteiger partial charge in [0.05, 0.1) is 11.1 Å². The summed E-state index contributed by atoms with van der Waals surface area (Å²) in [6.07, 6.45) is 0. The van der Waals surface area contributed by atoms with Gasteiger partial charge >= 0.3 is 0 Å². The molecule has 0 bridgehead atoms. The van der Waals surface area contributed by atoms with Crippen molar-refractivity contribution < 1.29 is 8.83 Å². The van der Waals surface area contributed by atoms with E-state index in [4.69, 9.17) is 13.8 Å². The molecule has 0 aliphatic carbocycles. The highest BCUT2D eigenvalue weighted by molar-refractivity contribution is 7.25. The minimum absolute atomic E-state index is 0.595. The molecule has 0 unspecified atom stereocenters. The van der Waals surface area contributed by atoms with E-state index in [1.54, 1.807) is 0 Å². The third kappa shape index (κ3) is 4.57. The molecule has 3 aromatic heterocycles. The molecule has 8 aromatic carbocycles. The summed E-state index contributed by atoms with van der Waals surface area (Å²) in [4.78, 5) is 7.17. The van der Waals surface area contributed by atoms with Crippen molar-refractivity contribution in [3.05, 3.63) is 170 Å². The van der Waals surface area contributed by atoms with Crippen molar-refractivity contribution >= 4 is 92.4 Å². The van der Waals surface area contributed by atoms with Gasteiger partial charge in [0.2, 0.25) is 5.89 Å². The van der Waals surface area contributed by atoms with E-state index in [1.165, 1.54) is 42.1 Å². The van der Waals surface area contributed by atoms with E-state index in [1.807, 2.05) is 53.8 Å². The number of nitrogens with zero attached hydrogens (tertiary/aromatic N) is 2. The van der Waals surface area contributed by atoms with Crippen LogP contribution in [-0.2, 0) is 0 Å². The Hall–Kier alpha value is -6.69. The van der Waals surface area contributed by atoms with Crippen molar-refractivity contribution in [3.63, 3.8) is 0 Å². The minimum atomic E-state index is 0.595. The smallest absolute Gasteiger partial charge is 0.227 e. The topological polar surface area (TPSA) is 42.4 Å². The molecule has 11 aromatic rings.